The van der Waals surface area contributed by atoms with E-state index < -0.39 is 5.60 Å². The van der Waals surface area contributed by atoms with Crippen LogP contribution in [0.4, 0.5) is 4.79 Å². The lowest BCUT2D eigenvalue weighted by atomic mass is 10.2. The molecule has 0 bridgehead atoms. The Hall–Kier alpha value is -1.88. The first kappa shape index (κ1) is 16.0. The van der Waals surface area contributed by atoms with Gasteiger partial charge in [-0.25, -0.2) is 9.36 Å². The second kappa shape index (κ2) is 5.96. The normalized spacial score (nSPS) is 16.2. The van der Waals surface area contributed by atoms with Gasteiger partial charge in [-0.05, 0) is 71.3 Å². The van der Waals surface area contributed by atoms with Gasteiger partial charge in [0.05, 0.1) is 11.0 Å². The highest BCUT2D eigenvalue weighted by Gasteiger charge is 2.21. The lowest BCUT2D eigenvalue weighted by Gasteiger charge is -2.20. The fourth-order valence-electron chi connectivity index (χ4n) is 3.08. The van der Waals surface area contributed by atoms with E-state index in [9.17, 15) is 4.79 Å². The maximum atomic E-state index is 12.5. The molecular formula is C18H25N3O2. The van der Waals surface area contributed by atoms with Gasteiger partial charge in [0.15, 0.2) is 0 Å². The van der Waals surface area contributed by atoms with Crippen molar-refractivity contribution in [3.05, 3.63) is 29.6 Å². The SMILES string of the molecule is Cc1cc2ncc(CN3CCCC3)cc2n1C(=O)OC(C)(C)C. The van der Waals surface area contributed by atoms with Gasteiger partial charge in [0, 0.05) is 18.4 Å². The number of aromatic nitrogens is 2. The van der Waals surface area contributed by atoms with Crippen LogP contribution < -0.4 is 0 Å². The Kier molecular flexibility index (Phi) is 4.15. The van der Waals surface area contributed by atoms with Gasteiger partial charge in [0.1, 0.15) is 5.60 Å². The minimum Gasteiger partial charge on any atom is -0.443 e. The third-order valence-electron chi connectivity index (χ3n) is 4.07. The van der Waals surface area contributed by atoms with Crippen molar-refractivity contribution in [3.63, 3.8) is 0 Å². The van der Waals surface area contributed by atoms with E-state index in [-0.39, 0.29) is 6.09 Å². The summed E-state index contributed by atoms with van der Waals surface area (Å²) in [7, 11) is 0. The lowest BCUT2D eigenvalue weighted by molar-refractivity contribution is 0.0541. The average Bonchev–Trinajstić information content (AvgIpc) is 3.03. The molecule has 5 heteroatoms. The van der Waals surface area contributed by atoms with E-state index in [0.29, 0.717) is 0 Å². The molecule has 0 atom stereocenters. The van der Waals surface area contributed by atoms with Crippen molar-refractivity contribution < 1.29 is 9.53 Å². The Morgan fingerprint density at radius 1 is 1.26 bits per heavy atom. The molecule has 0 saturated carbocycles. The highest BCUT2D eigenvalue weighted by Crippen LogP contribution is 2.22. The molecule has 1 fully saturated rings. The number of ether oxygens (including phenoxy) is 1. The number of nitrogens with zero attached hydrogens (tertiary/aromatic N) is 3. The predicted octanol–water partition coefficient (Wildman–Crippen LogP) is 3.72. The number of carbonyl (C=O) groups excluding carboxylic acids is 1. The van der Waals surface area contributed by atoms with E-state index in [4.69, 9.17) is 4.74 Å². The molecule has 23 heavy (non-hydrogen) atoms. The molecule has 124 valence electrons. The van der Waals surface area contributed by atoms with Crippen LogP contribution in [0, 0.1) is 6.92 Å². The molecule has 1 saturated heterocycles. The first-order valence-corrected chi connectivity index (χ1v) is 8.26. The van der Waals surface area contributed by atoms with E-state index in [2.05, 4.69) is 16.0 Å². The molecule has 0 radical (unpaired) electrons. The Morgan fingerprint density at radius 3 is 2.61 bits per heavy atom. The zero-order valence-electron chi connectivity index (χ0n) is 14.4. The van der Waals surface area contributed by atoms with Crippen LogP contribution in [-0.2, 0) is 11.3 Å². The third kappa shape index (κ3) is 3.55. The fraction of sp³-hybridized carbons (Fsp3) is 0.556. The molecule has 3 heterocycles. The smallest absolute Gasteiger partial charge is 0.419 e. The molecule has 0 N–H and O–H groups in total. The zero-order valence-corrected chi connectivity index (χ0v) is 14.4. The van der Waals surface area contributed by atoms with Gasteiger partial charge in [-0.1, -0.05) is 0 Å². The van der Waals surface area contributed by atoms with Crippen LogP contribution in [0.5, 0.6) is 0 Å². The number of likely N-dealkylation sites (tertiary alicyclic amines) is 1. The van der Waals surface area contributed by atoms with Crippen LogP contribution in [-0.4, -0.2) is 39.2 Å². The predicted molar refractivity (Wildman–Crippen MR) is 90.6 cm³/mol. The molecular weight excluding hydrogens is 290 g/mol. The molecule has 0 aromatic carbocycles. The largest absolute Gasteiger partial charge is 0.443 e. The van der Waals surface area contributed by atoms with Gasteiger partial charge in [0.25, 0.3) is 0 Å². The van der Waals surface area contributed by atoms with Gasteiger partial charge in [0.2, 0.25) is 0 Å². The van der Waals surface area contributed by atoms with E-state index in [1.807, 2.05) is 40.0 Å². The number of carbonyl (C=O) groups is 1. The lowest BCUT2D eigenvalue weighted by Crippen LogP contribution is -2.27. The maximum Gasteiger partial charge on any atom is 0.419 e. The van der Waals surface area contributed by atoms with Gasteiger partial charge < -0.3 is 4.74 Å². The summed E-state index contributed by atoms with van der Waals surface area (Å²) in [5.74, 6) is 0. The van der Waals surface area contributed by atoms with Crippen LogP contribution in [0.15, 0.2) is 18.3 Å². The van der Waals surface area contributed by atoms with Crippen LogP contribution >= 0.6 is 0 Å². The summed E-state index contributed by atoms with van der Waals surface area (Å²) in [6, 6.07) is 4.00. The summed E-state index contributed by atoms with van der Waals surface area (Å²) in [4.78, 5) is 19.5. The highest BCUT2D eigenvalue weighted by atomic mass is 16.6. The summed E-state index contributed by atoms with van der Waals surface area (Å²) >= 11 is 0. The van der Waals surface area contributed by atoms with Crippen molar-refractivity contribution in [2.75, 3.05) is 13.1 Å². The minimum absolute atomic E-state index is 0.342. The van der Waals surface area contributed by atoms with Crippen molar-refractivity contribution in [1.29, 1.82) is 0 Å². The molecule has 2 aromatic rings. The van der Waals surface area contributed by atoms with Gasteiger partial charge in [-0.15, -0.1) is 0 Å². The molecule has 0 unspecified atom stereocenters. The second-order valence-corrected chi connectivity index (χ2v) is 7.33. The van der Waals surface area contributed by atoms with Crippen molar-refractivity contribution in [2.24, 2.45) is 0 Å². The van der Waals surface area contributed by atoms with Crippen LogP contribution in [0.3, 0.4) is 0 Å². The van der Waals surface area contributed by atoms with E-state index in [1.165, 1.54) is 12.8 Å². The van der Waals surface area contributed by atoms with Gasteiger partial charge in [-0.3, -0.25) is 9.88 Å². The number of aryl methyl sites for hydroxylation is 1. The number of hydrogen-bond donors (Lipinski definition) is 0. The molecule has 0 spiro atoms. The molecule has 1 aliphatic heterocycles. The first-order chi connectivity index (χ1) is 10.8. The van der Waals surface area contributed by atoms with Crippen LogP contribution in [0.2, 0.25) is 0 Å². The van der Waals surface area contributed by atoms with E-state index >= 15 is 0 Å². The Labute approximate surface area is 137 Å². The zero-order chi connectivity index (χ0) is 16.6. The number of pyridine rings is 1. The summed E-state index contributed by atoms with van der Waals surface area (Å²) < 4.78 is 7.16. The first-order valence-electron chi connectivity index (χ1n) is 8.26. The Morgan fingerprint density at radius 2 is 1.96 bits per heavy atom. The summed E-state index contributed by atoms with van der Waals surface area (Å²) in [5, 5.41) is 0. The second-order valence-electron chi connectivity index (χ2n) is 7.33. The topological polar surface area (TPSA) is 47.4 Å². The summed E-state index contributed by atoms with van der Waals surface area (Å²) in [5.41, 5.74) is 3.13. The monoisotopic (exact) mass is 315 g/mol. The highest BCUT2D eigenvalue weighted by molar-refractivity contribution is 5.89. The molecule has 3 rings (SSSR count). The average molecular weight is 315 g/mol. The summed E-state index contributed by atoms with van der Waals surface area (Å²) in [6.07, 6.45) is 4.11. The number of rotatable bonds is 2. The van der Waals surface area contributed by atoms with Crippen molar-refractivity contribution >= 4 is 17.1 Å². The van der Waals surface area contributed by atoms with E-state index in [0.717, 1.165) is 41.9 Å². The molecule has 5 nitrogen and oxygen atoms in total. The molecule has 0 amide bonds. The van der Waals surface area contributed by atoms with Crippen molar-refractivity contribution in [3.8, 4) is 0 Å². The van der Waals surface area contributed by atoms with E-state index in [1.54, 1.807) is 4.57 Å². The quantitative estimate of drug-likeness (QED) is 0.847. The van der Waals surface area contributed by atoms with Crippen molar-refractivity contribution in [1.82, 2.24) is 14.5 Å². The van der Waals surface area contributed by atoms with Crippen molar-refractivity contribution in [2.45, 2.75) is 52.7 Å². The van der Waals surface area contributed by atoms with Gasteiger partial charge >= 0.3 is 6.09 Å². The molecule has 2 aromatic heterocycles. The molecule has 0 aliphatic carbocycles. The third-order valence-corrected chi connectivity index (χ3v) is 4.07. The number of fused-ring (bicyclic) bond motifs is 1. The maximum absolute atomic E-state index is 12.5. The Balaban J connectivity index is 1.93. The van der Waals surface area contributed by atoms with Crippen LogP contribution in [0.25, 0.3) is 11.0 Å². The van der Waals surface area contributed by atoms with Crippen LogP contribution in [0.1, 0.15) is 44.9 Å². The minimum atomic E-state index is -0.513. The molecule has 1 aliphatic rings. The number of hydrogen-bond acceptors (Lipinski definition) is 4. The van der Waals surface area contributed by atoms with Gasteiger partial charge in [-0.2, -0.15) is 0 Å². The Bertz CT molecular complexity index is 722. The fourth-order valence-corrected chi connectivity index (χ4v) is 3.08. The summed E-state index contributed by atoms with van der Waals surface area (Å²) in [6.45, 7) is 10.7. The standard InChI is InChI=1S/C18H25N3O2/c1-13-9-15-16(21(13)17(22)23-18(2,3)4)10-14(11-19-15)12-20-7-5-6-8-20/h9-11H,5-8,12H2,1-4H3.